The van der Waals surface area contributed by atoms with Gasteiger partial charge < -0.3 is 9.72 Å². The Bertz CT molecular complexity index is 370. The van der Waals surface area contributed by atoms with E-state index in [1.165, 1.54) is 0 Å². The maximum absolute atomic E-state index is 11.5. The summed E-state index contributed by atoms with van der Waals surface area (Å²) in [4.78, 5) is 18.5. The minimum atomic E-state index is 0.00884. The lowest BCUT2D eigenvalue weighted by molar-refractivity contribution is 0.177. The fourth-order valence-electron chi connectivity index (χ4n) is 1.70. The van der Waals surface area contributed by atoms with Gasteiger partial charge in [-0.25, -0.2) is 4.98 Å². The molecule has 1 aromatic heterocycles. The van der Waals surface area contributed by atoms with Gasteiger partial charge in [0, 0.05) is 12.7 Å². The molecule has 13 heavy (non-hydrogen) atoms. The number of rotatable bonds is 2. The van der Waals surface area contributed by atoms with Gasteiger partial charge in [-0.15, -0.1) is 0 Å². The average molecular weight is 180 g/mol. The Morgan fingerprint density at radius 1 is 1.54 bits per heavy atom. The van der Waals surface area contributed by atoms with Crippen LogP contribution in [0.5, 0.6) is 0 Å². The molecule has 0 aliphatic heterocycles. The molecule has 2 rings (SSSR count). The Balaban J connectivity index is 2.44. The first-order chi connectivity index (χ1) is 6.31. The van der Waals surface area contributed by atoms with Crippen LogP contribution in [0.4, 0.5) is 0 Å². The largest absolute Gasteiger partial charge is 0.377 e. The topological polar surface area (TPSA) is 55.0 Å². The number of hydrogen-bond donors (Lipinski definition) is 1. The summed E-state index contributed by atoms with van der Waals surface area (Å²) in [5.41, 5.74) is 1.82. The summed E-state index contributed by atoms with van der Waals surface area (Å²) in [7, 11) is 1.59. The quantitative estimate of drug-likeness (QED) is 0.717. The van der Waals surface area contributed by atoms with Crippen LogP contribution in [0.3, 0.4) is 0 Å². The van der Waals surface area contributed by atoms with Crippen LogP contribution in [-0.4, -0.2) is 17.1 Å². The van der Waals surface area contributed by atoms with E-state index in [2.05, 4.69) is 9.97 Å². The van der Waals surface area contributed by atoms with Crippen LogP contribution in [0.2, 0.25) is 0 Å². The summed E-state index contributed by atoms with van der Waals surface area (Å²) in [5, 5.41) is 0. The van der Waals surface area contributed by atoms with E-state index >= 15 is 0 Å². The van der Waals surface area contributed by atoms with Crippen molar-refractivity contribution in [1.82, 2.24) is 9.97 Å². The number of aromatic nitrogens is 2. The third-order valence-electron chi connectivity index (χ3n) is 2.27. The SMILES string of the molecule is COCc1nc2c(c(=O)[nH]1)CCC2. The van der Waals surface area contributed by atoms with Crippen molar-refractivity contribution in [2.24, 2.45) is 0 Å². The van der Waals surface area contributed by atoms with Gasteiger partial charge in [0.05, 0.1) is 5.69 Å². The van der Waals surface area contributed by atoms with Gasteiger partial charge in [0.2, 0.25) is 0 Å². The molecule has 0 unspecified atom stereocenters. The van der Waals surface area contributed by atoms with Crippen molar-refractivity contribution in [2.45, 2.75) is 25.9 Å². The first-order valence-corrected chi connectivity index (χ1v) is 4.41. The Morgan fingerprint density at radius 3 is 3.15 bits per heavy atom. The molecule has 1 heterocycles. The van der Waals surface area contributed by atoms with Crippen molar-refractivity contribution in [3.05, 3.63) is 27.4 Å². The Morgan fingerprint density at radius 2 is 2.38 bits per heavy atom. The van der Waals surface area contributed by atoms with Gasteiger partial charge in [-0.3, -0.25) is 4.79 Å². The second-order valence-corrected chi connectivity index (χ2v) is 3.22. The summed E-state index contributed by atoms with van der Waals surface area (Å²) in [6.45, 7) is 0.377. The van der Waals surface area contributed by atoms with Gasteiger partial charge in [-0.2, -0.15) is 0 Å². The number of hydrogen-bond acceptors (Lipinski definition) is 3. The van der Waals surface area contributed by atoms with Crippen molar-refractivity contribution >= 4 is 0 Å². The maximum Gasteiger partial charge on any atom is 0.254 e. The minimum absolute atomic E-state index is 0.00884. The summed E-state index contributed by atoms with van der Waals surface area (Å²) in [5.74, 6) is 0.633. The minimum Gasteiger partial charge on any atom is -0.377 e. The molecular formula is C9H12N2O2. The van der Waals surface area contributed by atoms with Crippen LogP contribution in [0.15, 0.2) is 4.79 Å². The molecule has 70 valence electrons. The van der Waals surface area contributed by atoms with Gasteiger partial charge in [0.25, 0.3) is 5.56 Å². The molecule has 0 radical (unpaired) electrons. The predicted molar refractivity (Wildman–Crippen MR) is 47.6 cm³/mol. The number of ether oxygens (including phenoxy) is 1. The second kappa shape index (κ2) is 3.30. The number of nitrogens with zero attached hydrogens (tertiary/aromatic N) is 1. The normalized spacial score (nSPS) is 14.5. The number of fused-ring (bicyclic) bond motifs is 1. The van der Waals surface area contributed by atoms with Crippen molar-refractivity contribution < 1.29 is 4.74 Å². The highest BCUT2D eigenvalue weighted by molar-refractivity contribution is 5.22. The number of methoxy groups -OCH3 is 1. The zero-order valence-electron chi connectivity index (χ0n) is 7.59. The molecule has 1 aromatic rings. The lowest BCUT2D eigenvalue weighted by Gasteiger charge is -2.01. The van der Waals surface area contributed by atoms with E-state index in [4.69, 9.17) is 4.74 Å². The van der Waals surface area contributed by atoms with Gasteiger partial charge in [-0.1, -0.05) is 0 Å². The average Bonchev–Trinajstić information content (AvgIpc) is 2.53. The highest BCUT2D eigenvalue weighted by Gasteiger charge is 2.16. The smallest absolute Gasteiger partial charge is 0.254 e. The van der Waals surface area contributed by atoms with Crippen molar-refractivity contribution in [2.75, 3.05) is 7.11 Å². The fourth-order valence-corrected chi connectivity index (χ4v) is 1.70. The lowest BCUT2D eigenvalue weighted by atomic mass is 10.2. The van der Waals surface area contributed by atoms with Crippen LogP contribution in [0, 0.1) is 0 Å². The first kappa shape index (κ1) is 8.44. The molecule has 4 heteroatoms. The zero-order chi connectivity index (χ0) is 9.26. The molecule has 0 fully saturated rings. The summed E-state index contributed by atoms with van der Waals surface area (Å²) in [6, 6.07) is 0. The second-order valence-electron chi connectivity index (χ2n) is 3.22. The highest BCUT2D eigenvalue weighted by atomic mass is 16.5. The Kier molecular flexibility index (Phi) is 2.14. The molecule has 0 atom stereocenters. The highest BCUT2D eigenvalue weighted by Crippen LogP contribution is 2.15. The summed E-state index contributed by atoms with van der Waals surface area (Å²) in [6.07, 6.45) is 2.84. The van der Waals surface area contributed by atoms with Gasteiger partial charge in [0.15, 0.2) is 0 Å². The molecule has 0 amide bonds. The van der Waals surface area contributed by atoms with E-state index in [1.807, 2.05) is 0 Å². The molecule has 4 nitrogen and oxygen atoms in total. The first-order valence-electron chi connectivity index (χ1n) is 4.41. The Labute approximate surface area is 76.0 Å². The number of aromatic amines is 1. The molecule has 0 saturated carbocycles. The van der Waals surface area contributed by atoms with Crippen LogP contribution in [0.25, 0.3) is 0 Å². The van der Waals surface area contributed by atoms with Crippen molar-refractivity contribution in [1.29, 1.82) is 0 Å². The predicted octanol–water partition coefficient (Wildman–Crippen LogP) is 0.405. The fraction of sp³-hybridized carbons (Fsp3) is 0.556. The molecule has 1 aliphatic rings. The number of aryl methyl sites for hydroxylation is 1. The van der Waals surface area contributed by atoms with Crippen LogP contribution in [0.1, 0.15) is 23.5 Å². The van der Waals surface area contributed by atoms with Gasteiger partial charge in [0.1, 0.15) is 12.4 Å². The van der Waals surface area contributed by atoms with E-state index in [9.17, 15) is 4.79 Å². The monoisotopic (exact) mass is 180 g/mol. The Hall–Kier alpha value is -1.16. The van der Waals surface area contributed by atoms with Crippen LogP contribution in [-0.2, 0) is 24.2 Å². The molecule has 1 N–H and O–H groups in total. The van der Waals surface area contributed by atoms with Crippen LogP contribution >= 0.6 is 0 Å². The van der Waals surface area contributed by atoms with Gasteiger partial charge >= 0.3 is 0 Å². The van der Waals surface area contributed by atoms with Gasteiger partial charge in [-0.05, 0) is 19.3 Å². The van der Waals surface area contributed by atoms with E-state index < -0.39 is 0 Å². The molecule has 1 aliphatic carbocycles. The van der Waals surface area contributed by atoms with E-state index in [0.29, 0.717) is 12.4 Å². The number of H-pyrrole nitrogens is 1. The van der Waals surface area contributed by atoms with E-state index in [-0.39, 0.29) is 5.56 Å². The summed E-state index contributed by atoms with van der Waals surface area (Å²) < 4.78 is 4.91. The zero-order valence-corrected chi connectivity index (χ0v) is 7.59. The third-order valence-corrected chi connectivity index (χ3v) is 2.27. The van der Waals surface area contributed by atoms with Crippen molar-refractivity contribution in [3.8, 4) is 0 Å². The lowest BCUT2D eigenvalue weighted by Crippen LogP contribution is -2.17. The molecule has 0 saturated heterocycles. The van der Waals surface area contributed by atoms with E-state index in [1.54, 1.807) is 7.11 Å². The molecular weight excluding hydrogens is 168 g/mol. The third kappa shape index (κ3) is 1.49. The van der Waals surface area contributed by atoms with Crippen molar-refractivity contribution in [3.63, 3.8) is 0 Å². The molecule has 0 spiro atoms. The molecule has 0 aromatic carbocycles. The maximum atomic E-state index is 11.5. The summed E-state index contributed by atoms with van der Waals surface area (Å²) >= 11 is 0. The number of nitrogens with one attached hydrogen (secondary N) is 1. The molecule has 0 bridgehead atoms. The van der Waals surface area contributed by atoms with E-state index in [0.717, 1.165) is 30.5 Å². The standard InChI is InChI=1S/C9H12N2O2/c1-13-5-8-10-7-4-2-3-6(7)9(12)11-8/h2-5H2,1H3,(H,10,11,12). The van der Waals surface area contributed by atoms with Crippen LogP contribution < -0.4 is 5.56 Å².